The predicted octanol–water partition coefficient (Wildman–Crippen LogP) is 3.30. The molecule has 1 fully saturated rings. The Kier molecular flexibility index (Phi) is 4.42. The summed E-state index contributed by atoms with van der Waals surface area (Å²) in [6.45, 7) is 0. The number of carbonyl (C=O) groups is 1. The molecule has 0 radical (unpaired) electrons. The van der Waals surface area contributed by atoms with Gasteiger partial charge in [0.25, 0.3) is 0 Å². The van der Waals surface area contributed by atoms with Gasteiger partial charge < -0.3 is 5.41 Å². The summed E-state index contributed by atoms with van der Waals surface area (Å²) in [4.78, 5) is 12.0. The average molecular weight is 266 g/mol. The minimum atomic E-state index is -0.329. The van der Waals surface area contributed by atoms with Crippen LogP contribution < -0.4 is 0 Å². The lowest BCUT2D eigenvalue weighted by atomic mass is 9.85. The van der Waals surface area contributed by atoms with Crippen LogP contribution >= 0.6 is 11.6 Å². The van der Waals surface area contributed by atoms with E-state index in [2.05, 4.69) is 10.2 Å². The van der Waals surface area contributed by atoms with Crippen LogP contribution in [0.25, 0.3) is 0 Å². The summed E-state index contributed by atoms with van der Waals surface area (Å²) in [6.07, 6.45) is 6.52. The molecule has 0 aliphatic heterocycles. The molecule has 0 bridgehead atoms. The Balaban J connectivity index is 1.95. The minimum Gasteiger partial charge on any atom is -0.301 e. The van der Waals surface area contributed by atoms with Gasteiger partial charge in [-0.1, -0.05) is 43.7 Å². The van der Waals surface area contributed by atoms with Gasteiger partial charge >= 0.3 is 0 Å². The molecule has 1 heterocycles. The molecule has 1 saturated carbocycles. The van der Waals surface area contributed by atoms with Crippen LogP contribution in [0.5, 0.6) is 0 Å². The Bertz CT molecular complexity index is 438. The number of Topliss-reactive ketones (excluding diaryl/α,β-unsaturated/α-hetero) is 1. The summed E-state index contributed by atoms with van der Waals surface area (Å²) in [5.41, 5.74) is 0.346. The number of aromatic nitrogens is 2. The van der Waals surface area contributed by atoms with Gasteiger partial charge in [0.1, 0.15) is 5.69 Å². The zero-order valence-corrected chi connectivity index (χ0v) is 10.9. The van der Waals surface area contributed by atoms with Crippen molar-refractivity contribution in [3.8, 4) is 0 Å². The number of rotatable bonds is 4. The summed E-state index contributed by atoms with van der Waals surface area (Å²) in [5, 5.41) is 15.5. The maximum atomic E-state index is 12.0. The van der Waals surface area contributed by atoms with E-state index >= 15 is 0 Å². The fraction of sp³-hybridized carbons (Fsp3) is 0.538. The first-order chi connectivity index (χ1) is 8.66. The van der Waals surface area contributed by atoms with Crippen molar-refractivity contribution < 1.29 is 4.79 Å². The zero-order chi connectivity index (χ0) is 13.0. The molecular weight excluding hydrogens is 250 g/mol. The van der Waals surface area contributed by atoms with E-state index in [0.29, 0.717) is 12.3 Å². The highest BCUT2D eigenvalue weighted by Crippen LogP contribution is 2.26. The molecule has 0 spiro atoms. The minimum absolute atomic E-state index is 0.138. The lowest BCUT2D eigenvalue weighted by Crippen LogP contribution is -2.20. The molecule has 18 heavy (non-hydrogen) atoms. The second-order valence-electron chi connectivity index (χ2n) is 4.76. The second kappa shape index (κ2) is 6.05. The van der Waals surface area contributed by atoms with Gasteiger partial charge in [0.05, 0.1) is 5.71 Å². The highest BCUT2D eigenvalue weighted by molar-refractivity contribution is 6.44. The predicted molar refractivity (Wildman–Crippen MR) is 70.3 cm³/mol. The standard InChI is InChI=1S/C13H16ClN3O/c14-12-7-6-11(16-17-12)13(18)10(15)8-9-4-2-1-3-5-9/h6-7,9,15H,1-5,8H2. The third-order valence-corrected chi connectivity index (χ3v) is 3.56. The molecule has 4 nitrogen and oxygen atoms in total. The van der Waals surface area contributed by atoms with Crippen molar-refractivity contribution in [3.05, 3.63) is 23.0 Å². The summed E-state index contributed by atoms with van der Waals surface area (Å²) >= 11 is 5.61. The molecule has 1 aliphatic carbocycles. The molecule has 0 amide bonds. The van der Waals surface area contributed by atoms with E-state index in [1.165, 1.54) is 31.4 Å². The third-order valence-electron chi connectivity index (χ3n) is 3.36. The topological polar surface area (TPSA) is 66.7 Å². The number of nitrogens with zero attached hydrogens (tertiary/aromatic N) is 2. The SMILES string of the molecule is N=C(CC1CCCCC1)C(=O)c1ccc(Cl)nn1. The number of carbonyl (C=O) groups excluding carboxylic acids is 1. The van der Waals surface area contributed by atoms with Gasteiger partial charge in [-0.2, -0.15) is 0 Å². The van der Waals surface area contributed by atoms with Crippen molar-refractivity contribution in [2.24, 2.45) is 5.92 Å². The molecule has 1 N–H and O–H groups in total. The first-order valence-electron chi connectivity index (χ1n) is 6.28. The summed E-state index contributed by atoms with van der Waals surface area (Å²) in [5.74, 6) is 0.153. The number of halogens is 1. The second-order valence-corrected chi connectivity index (χ2v) is 5.14. The maximum absolute atomic E-state index is 12.0. The highest BCUT2D eigenvalue weighted by Gasteiger charge is 2.20. The van der Waals surface area contributed by atoms with Crippen LogP contribution in [0.4, 0.5) is 0 Å². The smallest absolute Gasteiger partial charge is 0.226 e. The molecule has 0 aromatic carbocycles. The zero-order valence-electron chi connectivity index (χ0n) is 10.2. The Hall–Kier alpha value is -1.29. The molecule has 1 aliphatic rings. The van der Waals surface area contributed by atoms with E-state index in [0.717, 1.165) is 12.8 Å². The van der Waals surface area contributed by atoms with Crippen LogP contribution in [0, 0.1) is 11.3 Å². The number of ketones is 1. The van der Waals surface area contributed by atoms with Crippen molar-refractivity contribution in [3.63, 3.8) is 0 Å². The van der Waals surface area contributed by atoms with Gasteiger partial charge in [-0.05, 0) is 24.5 Å². The first kappa shape index (κ1) is 13.1. The maximum Gasteiger partial charge on any atom is 0.226 e. The highest BCUT2D eigenvalue weighted by atomic mass is 35.5. The lowest BCUT2D eigenvalue weighted by molar-refractivity contribution is 0.105. The Morgan fingerprint density at radius 1 is 1.28 bits per heavy atom. The Morgan fingerprint density at radius 3 is 2.61 bits per heavy atom. The molecular formula is C13H16ClN3O. The van der Waals surface area contributed by atoms with Gasteiger partial charge in [0, 0.05) is 0 Å². The van der Waals surface area contributed by atoms with E-state index in [-0.39, 0.29) is 22.3 Å². The van der Waals surface area contributed by atoms with Gasteiger partial charge in [0.15, 0.2) is 5.15 Å². The van der Waals surface area contributed by atoms with Crippen LogP contribution in [-0.2, 0) is 0 Å². The fourth-order valence-corrected chi connectivity index (χ4v) is 2.47. The van der Waals surface area contributed by atoms with E-state index in [9.17, 15) is 4.79 Å². The molecule has 0 saturated heterocycles. The summed E-state index contributed by atoms with van der Waals surface area (Å²) in [7, 11) is 0. The van der Waals surface area contributed by atoms with Gasteiger partial charge in [-0.25, -0.2) is 0 Å². The largest absolute Gasteiger partial charge is 0.301 e. The molecule has 0 unspecified atom stereocenters. The van der Waals surface area contributed by atoms with Crippen LogP contribution in [0.15, 0.2) is 12.1 Å². The van der Waals surface area contributed by atoms with Crippen molar-refractivity contribution >= 4 is 23.1 Å². The van der Waals surface area contributed by atoms with Crippen LogP contribution in [0.3, 0.4) is 0 Å². The molecule has 96 valence electrons. The van der Waals surface area contributed by atoms with Gasteiger partial charge in [-0.15, -0.1) is 10.2 Å². The Morgan fingerprint density at radius 2 is 2.00 bits per heavy atom. The quantitative estimate of drug-likeness (QED) is 0.671. The molecule has 2 rings (SSSR count). The molecule has 0 atom stereocenters. The van der Waals surface area contributed by atoms with Gasteiger partial charge in [0.2, 0.25) is 5.78 Å². The van der Waals surface area contributed by atoms with Crippen LogP contribution in [0.2, 0.25) is 5.15 Å². The molecule has 5 heteroatoms. The van der Waals surface area contributed by atoms with Crippen molar-refractivity contribution in [1.82, 2.24) is 10.2 Å². The number of nitrogens with one attached hydrogen (secondary N) is 1. The third kappa shape index (κ3) is 3.35. The lowest BCUT2D eigenvalue weighted by Gasteiger charge is -2.21. The monoisotopic (exact) mass is 265 g/mol. The number of hydrogen-bond acceptors (Lipinski definition) is 4. The van der Waals surface area contributed by atoms with Crippen molar-refractivity contribution in [2.75, 3.05) is 0 Å². The van der Waals surface area contributed by atoms with Crippen molar-refractivity contribution in [1.29, 1.82) is 5.41 Å². The Labute approximate surface area is 111 Å². The fourth-order valence-electron chi connectivity index (χ4n) is 2.36. The van der Waals surface area contributed by atoms with E-state index < -0.39 is 0 Å². The molecule has 1 aromatic rings. The summed E-state index contributed by atoms with van der Waals surface area (Å²) in [6, 6.07) is 3.04. The summed E-state index contributed by atoms with van der Waals surface area (Å²) < 4.78 is 0. The van der Waals surface area contributed by atoms with Gasteiger partial charge in [-0.3, -0.25) is 4.79 Å². The van der Waals surface area contributed by atoms with Crippen molar-refractivity contribution in [2.45, 2.75) is 38.5 Å². The number of hydrogen-bond donors (Lipinski definition) is 1. The first-order valence-corrected chi connectivity index (χ1v) is 6.66. The van der Waals surface area contributed by atoms with E-state index in [4.69, 9.17) is 17.0 Å². The average Bonchev–Trinajstić information content (AvgIpc) is 2.40. The van der Waals surface area contributed by atoms with Crippen LogP contribution in [-0.4, -0.2) is 21.7 Å². The van der Waals surface area contributed by atoms with E-state index in [1.54, 1.807) is 0 Å². The van der Waals surface area contributed by atoms with Crippen LogP contribution in [0.1, 0.15) is 49.0 Å². The van der Waals surface area contributed by atoms with E-state index in [1.807, 2.05) is 0 Å². The molecule has 1 aromatic heterocycles. The normalized spacial score (nSPS) is 16.5.